The van der Waals surface area contributed by atoms with Gasteiger partial charge in [0.1, 0.15) is 5.75 Å². The van der Waals surface area contributed by atoms with Gasteiger partial charge in [-0.25, -0.2) is 0 Å². The molecule has 0 saturated heterocycles. The summed E-state index contributed by atoms with van der Waals surface area (Å²) in [6, 6.07) is 5.71. The molecule has 0 aliphatic heterocycles. The van der Waals surface area contributed by atoms with Gasteiger partial charge < -0.3 is 14.8 Å². The Hall–Kier alpha value is -1.55. The van der Waals surface area contributed by atoms with E-state index in [1.165, 1.54) is 0 Å². The topological polar surface area (TPSA) is 47.6 Å². The van der Waals surface area contributed by atoms with Gasteiger partial charge in [0.15, 0.2) is 0 Å². The van der Waals surface area contributed by atoms with Gasteiger partial charge in [-0.2, -0.15) is 0 Å². The molecular weight excluding hydrogens is 242 g/mol. The maximum absolute atomic E-state index is 12.0. The Kier molecular flexibility index (Phi) is 6.36. The molecule has 19 heavy (non-hydrogen) atoms. The number of benzene rings is 1. The summed E-state index contributed by atoms with van der Waals surface area (Å²) < 4.78 is 10.2. The van der Waals surface area contributed by atoms with Crippen molar-refractivity contribution in [3.8, 4) is 5.75 Å². The second-order valence-corrected chi connectivity index (χ2v) is 4.72. The number of hydrogen-bond acceptors (Lipinski definition) is 3. The molecule has 0 aliphatic rings. The summed E-state index contributed by atoms with van der Waals surface area (Å²) in [6.45, 7) is 5.46. The Morgan fingerprint density at radius 3 is 2.63 bits per heavy atom. The number of methoxy groups -OCH3 is 2. The van der Waals surface area contributed by atoms with Crippen LogP contribution >= 0.6 is 0 Å². The summed E-state index contributed by atoms with van der Waals surface area (Å²) >= 11 is 0. The van der Waals surface area contributed by atoms with Crippen molar-refractivity contribution in [2.24, 2.45) is 0 Å². The average molecular weight is 265 g/mol. The summed E-state index contributed by atoms with van der Waals surface area (Å²) in [4.78, 5) is 12.0. The van der Waals surface area contributed by atoms with E-state index in [0.29, 0.717) is 30.4 Å². The lowest BCUT2D eigenvalue weighted by Crippen LogP contribution is -2.25. The second kappa shape index (κ2) is 7.79. The van der Waals surface area contributed by atoms with Crippen LogP contribution < -0.4 is 10.1 Å². The van der Waals surface area contributed by atoms with E-state index in [1.54, 1.807) is 14.2 Å². The monoisotopic (exact) mass is 265 g/mol. The highest BCUT2D eigenvalue weighted by molar-refractivity contribution is 5.97. The van der Waals surface area contributed by atoms with E-state index in [0.717, 1.165) is 12.0 Å². The van der Waals surface area contributed by atoms with Gasteiger partial charge in [0, 0.05) is 20.3 Å². The number of carbonyl (C=O) groups is 1. The number of hydrogen-bond donors (Lipinski definition) is 1. The maximum atomic E-state index is 12.0. The average Bonchev–Trinajstić information content (AvgIpc) is 2.42. The first-order valence-electron chi connectivity index (χ1n) is 6.55. The van der Waals surface area contributed by atoms with Crippen molar-refractivity contribution in [3.05, 3.63) is 29.3 Å². The van der Waals surface area contributed by atoms with Gasteiger partial charge in [-0.15, -0.1) is 0 Å². The normalized spacial score (nSPS) is 10.6. The van der Waals surface area contributed by atoms with Crippen molar-refractivity contribution >= 4 is 5.91 Å². The van der Waals surface area contributed by atoms with Gasteiger partial charge in [-0.05, 0) is 30.0 Å². The molecule has 1 rings (SSSR count). The van der Waals surface area contributed by atoms with Crippen LogP contribution in [0.4, 0.5) is 0 Å². The van der Waals surface area contributed by atoms with Crippen LogP contribution in [0.1, 0.15) is 42.1 Å². The van der Waals surface area contributed by atoms with Gasteiger partial charge in [0.05, 0.1) is 12.7 Å². The Labute approximate surface area is 115 Å². The van der Waals surface area contributed by atoms with Crippen LogP contribution in [-0.2, 0) is 4.74 Å². The molecule has 1 aromatic carbocycles. The summed E-state index contributed by atoms with van der Waals surface area (Å²) in [5.41, 5.74) is 1.73. The largest absolute Gasteiger partial charge is 0.496 e. The summed E-state index contributed by atoms with van der Waals surface area (Å²) in [5, 5.41) is 2.86. The molecule has 106 valence electrons. The van der Waals surface area contributed by atoms with E-state index in [2.05, 4.69) is 19.2 Å². The molecule has 0 aromatic heterocycles. The van der Waals surface area contributed by atoms with E-state index in [9.17, 15) is 4.79 Å². The van der Waals surface area contributed by atoms with Crippen molar-refractivity contribution in [2.45, 2.75) is 26.2 Å². The predicted octanol–water partition coefficient (Wildman–Crippen LogP) is 2.58. The van der Waals surface area contributed by atoms with E-state index in [-0.39, 0.29) is 5.91 Å². The van der Waals surface area contributed by atoms with E-state index < -0.39 is 0 Å². The maximum Gasteiger partial charge on any atom is 0.255 e. The van der Waals surface area contributed by atoms with Crippen molar-refractivity contribution in [1.82, 2.24) is 5.32 Å². The lowest BCUT2D eigenvalue weighted by molar-refractivity contribution is 0.0945. The van der Waals surface area contributed by atoms with Crippen molar-refractivity contribution in [3.63, 3.8) is 0 Å². The standard InChI is InChI=1S/C15H23NO3/c1-11(2)12-6-7-13(14(10-12)19-4)15(17)16-8-5-9-18-3/h6-7,10-11H,5,8-9H2,1-4H3,(H,16,17). The number of nitrogens with one attached hydrogen (secondary N) is 1. The van der Waals surface area contributed by atoms with Crippen LogP contribution in [0.2, 0.25) is 0 Å². The van der Waals surface area contributed by atoms with Crippen LogP contribution in [-0.4, -0.2) is 33.3 Å². The van der Waals surface area contributed by atoms with Crippen LogP contribution in [0.5, 0.6) is 5.75 Å². The Morgan fingerprint density at radius 2 is 2.05 bits per heavy atom. The zero-order chi connectivity index (χ0) is 14.3. The van der Waals surface area contributed by atoms with Gasteiger partial charge in [-0.1, -0.05) is 19.9 Å². The zero-order valence-electron chi connectivity index (χ0n) is 12.2. The number of ether oxygens (including phenoxy) is 2. The molecular formula is C15H23NO3. The Morgan fingerprint density at radius 1 is 1.32 bits per heavy atom. The first-order valence-corrected chi connectivity index (χ1v) is 6.55. The van der Waals surface area contributed by atoms with Crippen LogP contribution in [0.25, 0.3) is 0 Å². The summed E-state index contributed by atoms with van der Waals surface area (Å²) in [5.74, 6) is 0.923. The molecule has 0 heterocycles. The fraction of sp³-hybridized carbons (Fsp3) is 0.533. The molecule has 0 aliphatic carbocycles. The van der Waals surface area contributed by atoms with Gasteiger partial charge in [0.25, 0.3) is 5.91 Å². The highest BCUT2D eigenvalue weighted by Crippen LogP contribution is 2.24. The minimum absolute atomic E-state index is 0.108. The van der Waals surface area contributed by atoms with Crippen LogP contribution in [0.15, 0.2) is 18.2 Å². The van der Waals surface area contributed by atoms with E-state index >= 15 is 0 Å². The number of amides is 1. The fourth-order valence-electron chi connectivity index (χ4n) is 1.77. The molecule has 0 atom stereocenters. The van der Waals surface area contributed by atoms with Gasteiger partial charge in [-0.3, -0.25) is 4.79 Å². The third-order valence-electron chi connectivity index (χ3n) is 2.95. The molecule has 4 heteroatoms. The third-order valence-corrected chi connectivity index (χ3v) is 2.95. The first kappa shape index (κ1) is 15.5. The summed E-state index contributed by atoms with van der Waals surface area (Å²) in [6.07, 6.45) is 0.800. The molecule has 0 bridgehead atoms. The van der Waals surface area contributed by atoms with Crippen molar-refractivity contribution < 1.29 is 14.3 Å². The van der Waals surface area contributed by atoms with Gasteiger partial charge >= 0.3 is 0 Å². The van der Waals surface area contributed by atoms with Crippen molar-refractivity contribution in [2.75, 3.05) is 27.4 Å². The smallest absolute Gasteiger partial charge is 0.255 e. The quantitative estimate of drug-likeness (QED) is 0.771. The Balaban J connectivity index is 2.73. The molecule has 1 aromatic rings. The second-order valence-electron chi connectivity index (χ2n) is 4.72. The number of carbonyl (C=O) groups excluding carboxylic acids is 1. The lowest BCUT2D eigenvalue weighted by atomic mass is 10.0. The molecule has 0 radical (unpaired) electrons. The molecule has 0 saturated carbocycles. The molecule has 1 N–H and O–H groups in total. The zero-order valence-corrected chi connectivity index (χ0v) is 12.2. The molecule has 0 unspecified atom stereocenters. The van der Waals surface area contributed by atoms with Crippen LogP contribution in [0, 0.1) is 0 Å². The molecule has 0 spiro atoms. The molecule has 0 fully saturated rings. The fourth-order valence-corrected chi connectivity index (χ4v) is 1.77. The first-order chi connectivity index (χ1) is 9.10. The minimum Gasteiger partial charge on any atom is -0.496 e. The Bertz CT molecular complexity index is 416. The van der Waals surface area contributed by atoms with E-state index in [4.69, 9.17) is 9.47 Å². The minimum atomic E-state index is -0.108. The van der Waals surface area contributed by atoms with Crippen LogP contribution in [0.3, 0.4) is 0 Å². The highest BCUT2D eigenvalue weighted by Gasteiger charge is 2.13. The van der Waals surface area contributed by atoms with Crippen molar-refractivity contribution in [1.29, 1.82) is 0 Å². The van der Waals surface area contributed by atoms with Gasteiger partial charge in [0.2, 0.25) is 0 Å². The highest BCUT2D eigenvalue weighted by atomic mass is 16.5. The molecule has 1 amide bonds. The number of rotatable bonds is 7. The predicted molar refractivity (Wildman–Crippen MR) is 75.9 cm³/mol. The lowest BCUT2D eigenvalue weighted by Gasteiger charge is -2.12. The third kappa shape index (κ3) is 4.56. The molecule has 4 nitrogen and oxygen atoms in total. The SMILES string of the molecule is COCCCNC(=O)c1ccc(C(C)C)cc1OC. The van der Waals surface area contributed by atoms with E-state index in [1.807, 2.05) is 18.2 Å². The summed E-state index contributed by atoms with van der Waals surface area (Å²) in [7, 11) is 3.23.